The maximum absolute atomic E-state index is 12.4. The fraction of sp³-hybridized carbons (Fsp3) is 0.818. The molecular formula is C22H33NO2. The van der Waals surface area contributed by atoms with Crippen LogP contribution in [0.25, 0.3) is 0 Å². The molecule has 0 spiro atoms. The molecule has 1 unspecified atom stereocenters. The second-order valence-electron chi connectivity index (χ2n) is 9.92. The van der Waals surface area contributed by atoms with E-state index in [1.54, 1.807) is 0 Å². The zero-order chi connectivity index (χ0) is 18.1. The average Bonchev–Trinajstić information content (AvgIpc) is 2.81. The van der Waals surface area contributed by atoms with Gasteiger partial charge in [0.15, 0.2) is 0 Å². The van der Waals surface area contributed by atoms with Gasteiger partial charge in [0.1, 0.15) is 5.78 Å². The van der Waals surface area contributed by atoms with Crippen molar-refractivity contribution in [1.29, 1.82) is 0 Å². The van der Waals surface area contributed by atoms with Gasteiger partial charge in [0.05, 0.1) is 0 Å². The summed E-state index contributed by atoms with van der Waals surface area (Å²) in [4.78, 5) is 26.5. The second-order valence-corrected chi connectivity index (χ2v) is 9.92. The van der Waals surface area contributed by atoms with Crippen molar-refractivity contribution in [2.75, 3.05) is 7.05 Å². The standard InChI is InChI=1S/C22H33NO2/c1-13-12-17-15-6-7-18-21(3,11-9-19(25)23(18)5)16(15)8-10-22(17,4)20(13)14(2)24/h7,13,15-17,20H,6,8-12H2,1-5H3/t13?,15-,16+,17+,20-,21-,22+/m1/s1. The molecule has 1 saturated heterocycles. The molecule has 0 bridgehead atoms. The monoisotopic (exact) mass is 343 g/mol. The molecule has 0 aromatic heterocycles. The van der Waals surface area contributed by atoms with Crippen molar-refractivity contribution in [2.45, 2.75) is 66.2 Å². The molecule has 3 nitrogen and oxygen atoms in total. The highest BCUT2D eigenvalue weighted by Gasteiger charge is 2.61. The molecule has 2 saturated carbocycles. The van der Waals surface area contributed by atoms with E-state index in [1.807, 2.05) is 18.9 Å². The Hall–Kier alpha value is -1.12. The Morgan fingerprint density at radius 2 is 1.96 bits per heavy atom. The van der Waals surface area contributed by atoms with E-state index in [2.05, 4.69) is 26.8 Å². The van der Waals surface area contributed by atoms with E-state index in [1.165, 1.54) is 25.0 Å². The van der Waals surface area contributed by atoms with Gasteiger partial charge in [0.25, 0.3) is 0 Å². The van der Waals surface area contributed by atoms with E-state index in [-0.39, 0.29) is 22.7 Å². The summed E-state index contributed by atoms with van der Waals surface area (Å²) in [5.41, 5.74) is 1.61. The van der Waals surface area contributed by atoms with Gasteiger partial charge >= 0.3 is 0 Å². The molecule has 0 N–H and O–H groups in total. The number of piperidine rings is 1. The second kappa shape index (κ2) is 5.44. The first kappa shape index (κ1) is 17.3. The number of likely N-dealkylation sites (tertiary alicyclic amines) is 1. The maximum atomic E-state index is 12.4. The van der Waals surface area contributed by atoms with Gasteiger partial charge in [-0.25, -0.2) is 0 Å². The molecular weight excluding hydrogens is 310 g/mol. The van der Waals surface area contributed by atoms with E-state index in [9.17, 15) is 9.59 Å². The topological polar surface area (TPSA) is 37.4 Å². The Morgan fingerprint density at radius 3 is 2.64 bits per heavy atom. The molecule has 4 aliphatic rings. The van der Waals surface area contributed by atoms with E-state index in [0.717, 1.165) is 12.8 Å². The number of ketones is 1. The Bertz CT molecular complexity index is 652. The number of fused-ring (bicyclic) bond motifs is 5. The molecule has 1 aliphatic heterocycles. The molecule has 0 aromatic rings. The van der Waals surface area contributed by atoms with Crippen LogP contribution in [-0.4, -0.2) is 23.6 Å². The van der Waals surface area contributed by atoms with Gasteiger partial charge in [-0.15, -0.1) is 0 Å². The molecule has 1 amide bonds. The molecule has 3 heteroatoms. The Morgan fingerprint density at radius 1 is 1.24 bits per heavy atom. The zero-order valence-corrected chi connectivity index (χ0v) is 16.5. The van der Waals surface area contributed by atoms with Crippen molar-refractivity contribution in [3.05, 3.63) is 11.8 Å². The minimum absolute atomic E-state index is 0.143. The highest BCUT2D eigenvalue weighted by atomic mass is 16.2. The first-order chi connectivity index (χ1) is 11.7. The van der Waals surface area contributed by atoms with Crippen LogP contribution in [0.1, 0.15) is 66.2 Å². The largest absolute Gasteiger partial charge is 0.319 e. The normalized spacial score (nSPS) is 49.2. The van der Waals surface area contributed by atoms with Crippen LogP contribution < -0.4 is 0 Å². The first-order valence-electron chi connectivity index (χ1n) is 10.2. The van der Waals surface area contributed by atoms with Crippen LogP contribution >= 0.6 is 0 Å². The summed E-state index contributed by atoms with van der Waals surface area (Å²) in [7, 11) is 1.96. The van der Waals surface area contributed by atoms with Crippen LogP contribution in [0.5, 0.6) is 0 Å². The van der Waals surface area contributed by atoms with Gasteiger partial charge in [-0.05, 0) is 68.1 Å². The van der Waals surface area contributed by atoms with Crippen LogP contribution in [0.3, 0.4) is 0 Å². The fourth-order valence-corrected chi connectivity index (χ4v) is 7.81. The van der Waals surface area contributed by atoms with E-state index in [4.69, 9.17) is 0 Å². The third-order valence-corrected chi connectivity index (χ3v) is 8.80. The van der Waals surface area contributed by atoms with Crippen molar-refractivity contribution in [3.63, 3.8) is 0 Å². The summed E-state index contributed by atoms with van der Waals surface area (Å²) in [5, 5.41) is 0. The number of allylic oxidation sites excluding steroid dienone is 2. The minimum atomic E-state index is 0.143. The summed E-state index contributed by atoms with van der Waals surface area (Å²) in [6.45, 7) is 8.91. The summed E-state index contributed by atoms with van der Waals surface area (Å²) < 4.78 is 0. The first-order valence-corrected chi connectivity index (χ1v) is 10.2. The number of nitrogens with zero attached hydrogens (tertiary/aromatic N) is 1. The summed E-state index contributed by atoms with van der Waals surface area (Å²) in [6, 6.07) is 0. The van der Waals surface area contributed by atoms with Crippen LogP contribution in [-0.2, 0) is 9.59 Å². The lowest BCUT2D eigenvalue weighted by Crippen LogP contribution is -2.53. The smallest absolute Gasteiger partial charge is 0.226 e. The predicted molar refractivity (Wildman–Crippen MR) is 98.6 cm³/mol. The van der Waals surface area contributed by atoms with E-state index < -0.39 is 0 Å². The van der Waals surface area contributed by atoms with Gasteiger partial charge in [0.2, 0.25) is 5.91 Å². The van der Waals surface area contributed by atoms with E-state index in [0.29, 0.717) is 35.9 Å². The van der Waals surface area contributed by atoms with Crippen molar-refractivity contribution < 1.29 is 9.59 Å². The van der Waals surface area contributed by atoms with Gasteiger partial charge < -0.3 is 4.90 Å². The number of rotatable bonds is 1. The fourth-order valence-electron chi connectivity index (χ4n) is 7.81. The molecule has 3 fully saturated rings. The quantitative estimate of drug-likeness (QED) is 0.706. The van der Waals surface area contributed by atoms with Gasteiger partial charge in [-0.1, -0.05) is 26.8 Å². The highest BCUT2D eigenvalue weighted by Crippen LogP contribution is 2.67. The van der Waals surface area contributed by atoms with Gasteiger partial charge in [-0.3, -0.25) is 9.59 Å². The number of carbonyl (C=O) groups excluding carboxylic acids is 2. The molecule has 1 heterocycles. The van der Waals surface area contributed by atoms with Crippen LogP contribution in [0, 0.1) is 40.4 Å². The van der Waals surface area contributed by atoms with Crippen LogP contribution in [0.15, 0.2) is 11.8 Å². The molecule has 0 radical (unpaired) electrons. The SMILES string of the molecule is CC(=O)[C@H]1C(C)C[C@H]2[C@@H]3CC=C4N(C)C(=O)CC[C@]4(C)[C@H]3CC[C@]12C. The van der Waals surface area contributed by atoms with Crippen molar-refractivity contribution >= 4 is 11.7 Å². The van der Waals surface area contributed by atoms with E-state index >= 15 is 0 Å². The van der Waals surface area contributed by atoms with Gasteiger partial charge in [-0.2, -0.15) is 0 Å². The molecule has 4 rings (SSSR count). The number of hydrogen-bond acceptors (Lipinski definition) is 2. The number of amides is 1. The maximum Gasteiger partial charge on any atom is 0.226 e. The molecule has 138 valence electrons. The lowest BCUT2D eigenvalue weighted by Gasteiger charge is -2.58. The lowest BCUT2D eigenvalue weighted by atomic mass is 9.49. The summed E-state index contributed by atoms with van der Waals surface area (Å²) in [6.07, 6.45) is 8.73. The number of carbonyl (C=O) groups is 2. The van der Waals surface area contributed by atoms with Gasteiger partial charge in [0, 0.05) is 30.5 Å². The average molecular weight is 344 g/mol. The number of Topliss-reactive ketones (excluding diaryl/α,β-unsaturated/α-hetero) is 1. The molecule has 3 aliphatic carbocycles. The Labute approximate surface area is 152 Å². The third kappa shape index (κ3) is 2.16. The highest BCUT2D eigenvalue weighted by molar-refractivity contribution is 5.80. The van der Waals surface area contributed by atoms with Crippen molar-refractivity contribution in [2.24, 2.45) is 40.4 Å². The van der Waals surface area contributed by atoms with Crippen molar-refractivity contribution in [3.8, 4) is 0 Å². The molecule has 7 atom stereocenters. The van der Waals surface area contributed by atoms with Crippen LogP contribution in [0.4, 0.5) is 0 Å². The summed E-state index contributed by atoms with van der Waals surface area (Å²) >= 11 is 0. The number of hydrogen-bond donors (Lipinski definition) is 0. The molecule has 25 heavy (non-hydrogen) atoms. The minimum Gasteiger partial charge on any atom is -0.319 e. The lowest BCUT2D eigenvalue weighted by molar-refractivity contribution is -0.137. The van der Waals surface area contributed by atoms with Crippen LogP contribution in [0.2, 0.25) is 0 Å². The third-order valence-electron chi connectivity index (χ3n) is 8.80. The Kier molecular flexibility index (Phi) is 3.76. The summed E-state index contributed by atoms with van der Waals surface area (Å²) in [5.74, 6) is 3.44. The van der Waals surface area contributed by atoms with Crippen molar-refractivity contribution in [1.82, 2.24) is 4.90 Å². The predicted octanol–water partition coefficient (Wildman–Crippen LogP) is 4.43. The zero-order valence-electron chi connectivity index (χ0n) is 16.5. The molecule has 0 aromatic carbocycles. The Balaban J connectivity index is 1.71.